The molecular weight excluding hydrogens is 206 g/mol. The highest BCUT2D eigenvalue weighted by Gasteiger charge is 2.33. The van der Waals surface area contributed by atoms with Gasteiger partial charge in [-0.1, -0.05) is 5.16 Å². The third-order valence-electron chi connectivity index (χ3n) is 2.75. The van der Waals surface area contributed by atoms with Gasteiger partial charge >= 0.3 is 0 Å². The second-order valence-corrected chi connectivity index (χ2v) is 3.96. The van der Waals surface area contributed by atoms with Crippen LogP contribution < -0.4 is 5.73 Å². The van der Waals surface area contributed by atoms with Crippen molar-refractivity contribution < 1.29 is 9.63 Å². The minimum atomic E-state index is -0.0423. The summed E-state index contributed by atoms with van der Waals surface area (Å²) < 4.78 is 5.21. The average molecular weight is 217 g/mol. The molecule has 0 spiro atoms. The molecule has 0 bridgehead atoms. The maximum absolute atomic E-state index is 9.70. The Balaban J connectivity index is 2.18. The van der Waals surface area contributed by atoms with Crippen molar-refractivity contribution in [3.8, 4) is 17.0 Å². The third-order valence-corrected chi connectivity index (χ3v) is 2.75. The molecule has 1 aliphatic rings. The van der Waals surface area contributed by atoms with Crippen molar-refractivity contribution in [2.24, 2.45) is 0 Å². The van der Waals surface area contributed by atoms with Gasteiger partial charge in [0.25, 0.3) is 0 Å². The number of aromatic nitrogens is 2. The van der Waals surface area contributed by atoms with Crippen LogP contribution in [0.5, 0.6) is 5.88 Å². The van der Waals surface area contributed by atoms with Gasteiger partial charge in [-0.2, -0.15) is 0 Å². The van der Waals surface area contributed by atoms with Crippen molar-refractivity contribution in [2.75, 3.05) is 5.73 Å². The van der Waals surface area contributed by atoms with Crippen LogP contribution >= 0.6 is 0 Å². The molecule has 3 N–H and O–H groups in total. The van der Waals surface area contributed by atoms with Crippen molar-refractivity contribution in [3.05, 3.63) is 24.1 Å². The molecule has 5 heteroatoms. The molecule has 2 heterocycles. The smallest absolute Gasteiger partial charge is 0.219 e. The molecule has 82 valence electrons. The van der Waals surface area contributed by atoms with E-state index in [1.165, 1.54) is 6.20 Å². The summed E-state index contributed by atoms with van der Waals surface area (Å²) in [4.78, 5) is 3.83. The lowest BCUT2D eigenvalue weighted by atomic mass is 10.1. The van der Waals surface area contributed by atoms with Gasteiger partial charge in [0, 0.05) is 12.1 Å². The summed E-state index contributed by atoms with van der Waals surface area (Å²) in [6.45, 7) is 0. The Morgan fingerprint density at radius 1 is 1.44 bits per heavy atom. The number of hydrogen-bond donors (Lipinski definition) is 2. The van der Waals surface area contributed by atoms with Crippen molar-refractivity contribution >= 4 is 5.82 Å². The van der Waals surface area contributed by atoms with Gasteiger partial charge in [-0.3, -0.25) is 0 Å². The van der Waals surface area contributed by atoms with Crippen LogP contribution in [0.1, 0.15) is 24.5 Å². The predicted molar refractivity (Wildman–Crippen MR) is 57.8 cm³/mol. The highest BCUT2D eigenvalue weighted by Crippen LogP contribution is 2.47. The lowest BCUT2D eigenvalue weighted by Crippen LogP contribution is -1.91. The van der Waals surface area contributed by atoms with Gasteiger partial charge < -0.3 is 15.4 Å². The number of nitrogens with two attached hydrogens (primary N) is 1. The van der Waals surface area contributed by atoms with E-state index in [-0.39, 0.29) is 5.88 Å². The van der Waals surface area contributed by atoms with E-state index in [2.05, 4.69) is 10.1 Å². The fourth-order valence-corrected chi connectivity index (χ4v) is 1.80. The molecule has 0 amide bonds. The summed E-state index contributed by atoms with van der Waals surface area (Å²) in [5, 5.41) is 13.5. The number of rotatable bonds is 2. The fraction of sp³-hybridized carbons (Fsp3) is 0.273. The zero-order chi connectivity index (χ0) is 11.1. The van der Waals surface area contributed by atoms with E-state index in [4.69, 9.17) is 10.3 Å². The average Bonchev–Trinajstić information content (AvgIpc) is 3.04. The van der Waals surface area contributed by atoms with Crippen molar-refractivity contribution in [1.82, 2.24) is 10.1 Å². The molecule has 5 nitrogen and oxygen atoms in total. The number of nitrogen functional groups attached to an aromatic ring is 1. The maximum atomic E-state index is 9.70. The summed E-state index contributed by atoms with van der Waals surface area (Å²) in [5.41, 5.74) is 7.04. The second kappa shape index (κ2) is 3.23. The topological polar surface area (TPSA) is 85.2 Å². The number of pyridine rings is 1. The molecule has 2 aromatic heterocycles. The standard InChI is InChI=1S/C11H11N3O2/c12-10-8(7-2-1-5-13-11(7)15)9(16-14-10)6-3-4-6/h1-2,5-6H,3-4H2,(H2,12,14)(H,13,15). The van der Waals surface area contributed by atoms with E-state index in [1.807, 2.05) is 0 Å². The number of anilines is 1. The van der Waals surface area contributed by atoms with E-state index in [0.29, 0.717) is 22.9 Å². The fourth-order valence-electron chi connectivity index (χ4n) is 1.80. The first-order valence-corrected chi connectivity index (χ1v) is 5.16. The van der Waals surface area contributed by atoms with Crippen LogP contribution in [0.4, 0.5) is 5.82 Å². The molecular formula is C11H11N3O2. The lowest BCUT2D eigenvalue weighted by molar-refractivity contribution is 0.387. The Labute approximate surface area is 91.9 Å². The molecule has 1 saturated carbocycles. The first-order valence-electron chi connectivity index (χ1n) is 5.16. The highest BCUT2D eigenvalue weighted by atomic mass is 16.5. The van der Waals surface area contributed by atoms with E-state index < -0.39 is 0 Å². The normalized spacial score (nSPS) is 15.2. The van der Waals surface area contributed by atoms with Gasteiger partial charge in [0.2, 0.25) is 5.88 Å². The van der Waals surface area contributed by atoms with Crippen LogP contribution in [0.15, 0.2) is 22.9 Å². The molecule has 2 aromatic rings. The van der Waals surface area contributed by atoms with Crippen LogP contribution in [-0.4, -0.2) is 15.2 Å². The van der Waals surface area contributed by atoms with E-state index >= 15 is 0 Å². The Hall–Kier alpha value is -2.04. The molecule has 0 aliphatic heterocycles. The summed E-state index contributed by atoms with van der Waals surface area (Å²) >= 11 is 0. The Kier molecular flexibility index (Phi) is 1.86. The van der Waals surface area contributed by atoms with Gasteiger partial charge in [0.1, 0.15) is 5.76 Å². The van der Waals surface area contributed by atoms with Crippen LogP contribution in [0, 0.1) is 0 Å². The zero-order valence-corrected chi connectivity index (χ0v) is 8.55. The number of aromatic hydroxyl groups is 1. The molecule has 0 saturated heterocycles. The Morgan fingerprint density at radius 3 is 2.94 bits per heavy atom. The summed E-state index contributed by atoms with van der Waals surface area (Å²) in [7, 11) is 0. The summed E-state index contributed by atoms with van der Waals surface area (Å²) in [6.07, 6.45) is 3.70. The second-order valence-electron chi connectivity index (χ2n) is 3.96. The lowest BCUT2D eigenvalue weighted by Gasteiger charge is -2.02. The number of hydrogen-bond acceptors (Lipinski definition) is 5. The van der Waals surface area contributed by atoms with Gasteiger partial charge in [0.05, 0.1) is 11.1 Å². The van der Waals surface area contributed by atoms with Crippen LogP contribution in [0.3, 0.4) is 0 Å². The number of nitrogens with zero attached hydrogens (tertiary/aromatic N) is 2. The summed E-state index contributed by atoms with van der Waals surface area (Å²) in [5.74, 6) is 1.42. The Bertz CT molecular complexity index is 532. The molecule has 0 unspecified atom stereocenters. The van der Waals surface area contributed by atoms with Gasteiger partial charge in [0.15, 0.2) is 5.82 Å². The molecule has 0 radical (unpaired) electrons. The third kappa shape index (κ3) is 1.32. The highest BCUT2D eigenvalue weighted by molar-refractivity contribution is 5.79. The molecule has 0 aromatic carbocycles. The van der Waals surface area contributed by atoms with Crippen molar-refractivity contribution in [3.63, 3.8) is 0 Å². The van der Waals surface area contributed by atoms with E-state index in [1.54, 1.807) is 12.1 Å². The van der Waals surface area contributed by atoms with Gasteiger partial charge in [-0.15, -0.1) is 0 Å². The SMILES string of the molecule is Nc1noc(C2CC2)c1-c1cccnc1O. The first-order chi connectivity index (χ1) is 7.77. The zero-order valence-electron chi connectivity index (χ0n) is 8.55. The van der Waals surface area contributed by atoms with E-state index in [9.17, 15) is 5.11 Å². The largest absolute Gasteiger partial charge is 0.493 e. The molecule has 16 heavy (non-hydrogen) atoms. The van der Waals surface area contributed by atoms with Crippen LogP contribution in [0.2, 0.25) is 0 Å². The van der Waals surface area contributed by atoms with E-state index in [0.717, 1.165) is 18.6 Å². The van der Waals surface area contributed by atoms with Crippen molar-refractivity contribution in [1.29, 1.82) is 0 Å². The van der Waals surface area contributed by atoms with Crippen LogP contribution in [-0.2, 0) is 0 Å². The maximum Gasteiger partial charge on any atom is 0.219 e. The molecule has 3 rings (SSSR count). The van der Waals surface area contributed by atoms with Crippen molar-refractivity contribution in [2.45, 2.75) is 18.8 Å². The molecule has 0 atom stereocenters. The molecule has 1 aliphatic carbocycles. The monoisotopic (exact) mass is 217 g/mol. The van der Waals surface area contributed by atoms with Crippen LogP contribution in [0.25, 0.3) is 11.1 Å². The first kappa shape index (κ1) is 9.21. The quantitative estimate of drug-likeness (QED) is 0.802. The minimum Gasteiger partial charge on any atom is -0.493 e. The Morgan fingerprint density at radius 2 is 2.25 bits per heavy atom. The molecule has 1 fully saturated rings. The van der Waals surface area contributed by atoms with Gasteiger partial charge in [-0.25, -0.2) is 4.98 Å². The van der Waals surface area contributed by atoms with Gasteiger partial charge in [-0.05, 0) is 25.0 Å². The summed E-state index contributed by atoms with van der Waals surface area (Å²) in [6, 6.07) is 3.51. The minimum absolute atomic E-state index is 0.0423. The predicted octanol–water partition coefficient (Wildman–Crippen LogP) is 1.90.